The molecule has 0 heterocycles. The molecule has 0 aliphatic rings. The number of likely N-dealkylation sites (N-methyl/N-ethyl adjacent to an activating group) is 1. The molecule has 3 aromatic rings. The van der Waals surface area contributed by atoms with E-state index >= 15 is 0 Å². The number of allylic oxidation sites excluding steroid dienone is 1. The van der Waals surface area contributed by atoms with Crippen molar-refractivity contribution in [3.05, 3.63) is 94.5 Å². The molecule has 4 heteroatoms. The second kappa shape index (κ2) is 10.3. The lowest BCUT2D eigenvalue weighted by molar-refractivity contribution is 0.414. The van der Waals surface area contributed by atoms with Crippen LogP contribution in [0.2, 0.25) is 5.02 Å². The molecular weight excluding hydrogens is 394 g/mol. The van der Waals surface area contributed by atoms with Crippen LogP contribution in [0.5, 0.6) is 11.5 Å². The summed E-state index contributed by atoms with van der Waals surface area (Å²) >= 11 is 6.11. The van der Waals surface area contributed by atoms with Crippen LogP contribution < -0.4 is 9.47 Å². The van der Waals surface area contributed by atoms with Gasteiger partial charge in [0.05, 0.1) is 14.2 Å². The summed E-state index contributed by atoms with van der Waals surface area (Å²) in [6.45, 7) is 0.821. The maximum absolute atomic E-state index is 6.11. The van der Waals surface area contributed by atoms with E-state index in [2.05, 4.69) is 55.4 Å². The molecule has 0 aromatic heterocycles. The van der Waals surface area contributed by atoms with Gasteiger partial charge in [0.25, 0.3) is 0 Å². The second-order valence-electron chi connectivity index (χ2n) is 7.46. The number of hydrogen-bond acceptors (Lipinski definition) is 3. The molecule has 0 unspecified atom stereocenters. The highest BCUT2D eigenvalue weighted by molar-refractivity contribution is 6.30. The van der Waals surface area contributed by atoms with E-state index in [1.807, 2.05) is 36.4 Å². The highest BCUT2D eigenvalue weighted by atomic mass is 35.5. The fraction of sp³-hybridized carbons (Fsp3) is 0.231. The fourth-order valence-electron chi connectivity index (χ4n) is 3.45. The SMILES string of the molecule is COc1ccc(C(Cc2ccc(Cl)cc2)=C(CN(C)C)c2ccc(OC)cc2)cc1. The van der Waals surface area contributed by atoms with Crippen LogP contribution in [0.3, 0.4) is 0 Å². The van der Waals surface area contributed by atoms with Crippen molar-refractivity contribution >= 4 is 22.7 Å². The molecule has 0 radical (unpaired) electrons. The topological polar surface area (TPSA) is 21.7 Å². The van der Waals surface area contributed by atoms with Gasteiger partial charge in [-0.3, -0.25) is 0 Å². The molecule has 156 valence electrons. The van der Waals surface area contributed by atoms with E-state index in [4.69, 9.17) is 21.1 Å². The Morgan fingerprint density at radius 3 is 1.60 bits per heavy atom. The number of ether oxygens (including phenoxy) is 2. The van der Waals surface area contributed by atoms with Gasteiger partial charge in [0.2, 0.25) is 0 Å². The van der Waals surface area contributed by atoms with Crippen LogP contribution in [-0.4, -0.2) is 39.8 Å². The highest BCUT2D eigenvalue weighted by Crippen LogP contribution is 2.32. The number of methoxy groups -OCH3 is 2. The minimum Gasteiger partial charge on any atom is -0.497 e. The monoisotopic (exact) mass is 421 g/mol. The van der Waals surface area contributed by atoms with Crippen LogP contribution >= 0.6 is 11.6 Å². The van der Waals surface area contributed by atoms with Crippen molar-refractivity contribution in [1.82, 2.24) is 4.90 Å². The van der Waals surface area contributed by atoms with Gasteiger partial charge in [0.15, 0.2) is 0 Å². The Balaban J connectivity index is 2.15. The van der Waals surface area contributed by atoms with E-state index in [-0.39, 0.29) is 0 Å². The number of halogens is 1. The lowest BCUT2D eigenvalue weighted by Crippen LogP contribution is -2.16. The van der Waals surface area contributed by atoms with Crippen LogP contribution in [0, 0.1) is 0 Å². The van der Waals surface area contributed by atoms with Crippen molar-refractivity contribution in [3.63, 3.8) is 0 Å². The summed E-state index contributed by atoms with van der Waals surface area (Å²) in [5.41, 5.74) is 6.14. The Morgan fingerprint density at radius 2 is 1.17 bits per heavy atom. The molecule has 0 saturated carbocycles. The van der Waals surface area contributed by atoms with Gasteiger partial charge in [-0.2, -0.15) is 0 Å². The minimum absolute atomic E-state index is 0.748. The second-order valence-corrected chi connectivity index (χ2v) is 7.89. The van der Waals surface area contributed by atoms with E-state index in [1.165, 1.54) is 27.8 Å². The van der Waals surface area contributed by atoms with Gasteiger partial charge >= 0.3 is 0 Å². The first-order valence-corrected chi connectivity index (χ1v) is 10.3. The summed E-state index contributed by atoms with van der Waals surface area (Å²) in [6, 6.07) is 24.6. The molecule has 30 heavy (non-hydrogen) atoms. The third-order valence-corrected chi connectivity index (χ3v) is 5.26. The molecule has 0 aliphatic heterocycles. The van der Waals surface area contributed by atoms with E-state index in [9.17, 15) is 0 Å². The Hall–Kier alpha value is -2.75. The minimum atomic E-state index is 0.748. The van der Waals surface area contributed by atoms with Gasteiger partial charge in [-0.15, -0.1) is 0 Å². The fourth-order valence-corrected chi connectivity index (χ4v) is 3.58. The van der Waals surface area contributed by atoms with Crippen LogP contribution in [-0.2, 0) is 6.42 Å². The van der Waals surface area contributed by atoms with E-state index in [0.29, 0.717) is 0 Å². The average molecular weight is 422 g/mol. The van der Waals surface area contributed by atoms with Gasteiger partial charge in [-0.1, -0.05) is 48.0 Å². The zero-order valence-corrected chi connectivity index (χ0v) is 18.7. The van der Waals surface area contributed by atoms with Gasteiger partial charge in [0, 0.05) is 11.6 Å². The summed E-state index contributed by atoms with van der Waals surface area (Å²) < 4.78 is 10.7. The van der Waals surface area contributed by atoms with Crippen molar-refractivity contribution in [1.29, 1.82) is 0 Å². The molecule has 3 aromatic carbocycles. The maximum atomic E-state index is 6.11. The van der Waals surface area contributed by atoms with Crippen LogP contribution in [0.4, 0.5) is 0 Å². The normalized spacial score (nSPS) is 11.9. The molecule has 0 spiro atoms. The Morgan fingerprint density at radius 1 is 0.700 bits per heavy atom. The molecule has 0 amide bonds. The van der Waals surface area contributed by atoms with Gasteiger partial charge in [-0.05, 0) is 84.8 Å². The summed E-state index contributed by atoms with van der Waals surface area (Å²) in [5.74, 6) is 1.70. The number of benzene rings is 3. The third-order valence-electron chi connectivity index (χ3n) is 5.01. The number of rotatable bonds is 8. The first-order valence-electron chi connectivity index (χ1n) is 9.90. The zero-order chi connectivity index (χ0) is 21.5. The van der Waals surface area contributed by atoms with Crippen molar-refractivity contribution in [3.8, 4) is 11.5 Å². The lowest BCUT2D eigenvalue weighted by Gasteiger charge is -2.21. The smallest absolute Gasteiger partial charge is 0.118 e. The van der Waals surface area contributed by atoms with Crippen molar-refractivity contribution < 1.29 is 9.47 Å². The van der Waals surface area contributed by atoms with Gasteiger partial charge in [0.1, 0.15) is 11.5 Å². The Kier molecular flexibility index (Phi) is 7.56. The van der Waals surface area contributed by atoms with Crippen LogP contribution in [0.25, 0.3) is 11.1 Å². The standard InChI is InChI=1S/C26H28ClNO2/c1-28(2)18-26(21-9-15-24(30-4)16-10-21)25(17-19-5-11-22(27)12-6-19)20-7-13-23(29-3)14-8-20/h5-16H,17-18H2,1-4H3. The molecule has 0 bridgehead atoms. The quantitative estimate of drug-likeness (QED) is 0.412. The summed E-state index contributed by atoms with van der Waals surface area (Å²) in [5, 5.41) is 0.748. The zero-order valence-electron chi connectivity index (χ0n) is 18.0. The summed E-state index contributed by atoms with van der Waals surface area (Å²) in [7, 11) is 7.57. The molecule has 0 N–H and O–H groups in total. The van der Waals surface area contributed by atoms with Crippen LogP contribution in [0.15, 0.2) is 72.8 Å². The van der Waals surface area contributed by atoms with E-state index in [0.717, 1.165) is 29.5 Å². The lowest BCUT2D eigenvalue weighted by atomic mass is 9.89. The predicted octanol–water partition coefficient (Wildman–Crippen LogP) is 6.07. The highest BCUT2D eigenvalue weighted by Gasteiger charge is 2.14. The molecule has 3 rings (SSSR count). The third kappa shape index (κ3) is 5.65. The predicted molar refractivity (Wildman–Crippen MR) is 127 cm³/mol. The van der Waals surface area contributed by atoms with Gasteiger partial charge in [-0.25, -0.2) is 0 Å². The first kappa shape index (κ1) is 21.9. The first-order chi connectivity index (χ1) is 14.5. The largest absolute Gasteiger partial charge is 0.497 e. The molecule has 0 aliphatic carbocycles. The number of hydrogen-bond donors (Lipinski definition) is 0. The van der Waals surface area contributed by atoms with Crippen molar-refractivity contribution in [2.45, 2.75) is 6.42 Å². The van der Waals surface area contributed by atoms with Crippen molar-refractivity contribution in [2.24, 2.45) is 0 Å². The number of nitrogens with zero attached hydrogens (tertiary/aromatic N) is 1. The average Bonchev–Trinajstić information content (AvgIpc) is 2.77. The van der Waals surface area contributed by atoms with Crippen molar-refractivity contribution in [2.75, 3.05) is 34.9 Å². The molecular formula is C26H28ClNO2. The molecule has 0 fully saturated rings. The van der Waals surface area contributed by atoms with Crippen LogP contribution in [0.1, 0.15) is 16.7 Å². The Bertz CT molecular complexity index is 975. The summed E-state index contributed by atoms with van der Waals surface area (Å²) in [4.78, 5) is 2.20. The van der Waals surface area contributed by atoms with E-state index < -0.39 is 0 Å². The molecule has 0 saturated heterocycles. The molecule has 0 atom stereocenters. The van der Waals surface area contributed by atoms with E-state index in [1.54, 1.807) is 14.2 Å². The Labute approximate surface area is 184 Å². The summed E-state index contributed by atoms with van der Waals surface area (Å²) in [6.07, 6.45) is 0.804. The van der Waals surface area contributed by atoms with Gasteiger partial charge < -0.3 is 14.4 Å². The maximum Gasteiger partial charge on any atom is 0.118 e. The molecule has 3 nitrogen and oxygen atoms in total.